The van der Waals surface area contributed by atoms with E-state index in [1.54, 1.807) is 7.11 Å². The molecule has 0 radical (unpaired) electrons. The minimum atomic E-state index is 0.142. The fourth-order valence-corrected chi connectivity index (χ4v) is 0.598. The zero-order valence-electron chi connectivity index (χ0n) is 6.50. The van der Waals surface area contributed by atoms with Gasteiger partial charge in [0.15, 0.2) is 5.96 Å². The summed E-state index contributed by atoms with van der Waals surface area (Å²) in [6.07, 6.45) is 0. The van der Waals surface area contributed by atoms with Crippen LogP contribution in [-0.2, 0) is 4.74 Å². The minimum absolute atomic E-state index is 0.142. The second-order valence-electron chi connectivity index (χ2n) is 2.33. The van der Waals surface area contributed by atoms with Crippen LogP contribution < -0.4 is 11.5 Å². The van der Waals surface area contributed by atoms with Crippen molar-refractivity contribution < 1.29 is 4.74 Å². The van der Waals surface area contributed by atoms with Gasteiger partial charge in [-0.2, -0.15) is 0 Å². The molecule has 0 aliphatic rings. The Hall–Kier alpha value is -0.770. The molecular formula is C6H15N3O. The van der Waals surface area contributed by atoms with E-state index in [-0.39, 0.29) is 5.96 Å². The maximum atomic E-state index is 5.12. The number of aliphatic imine (C=N–C) groups is 1. The van der Waals surface area contributed by atoms with Crippen molar-refractivity contribution in [1.82, 2.24) is 0 Å². The van der Waals surface area contributed by atoms with Gasteiger partial charge in [0.2, 0.25) is 0 Å². The van der Waals surface area contributed by atoms with Gasteiger partial charge in [-0.15, -0.1) is 0 Å². The molecule has 0 spiro atoms. The molecule has 10 heavy (non-hydrogen) atoms. The van der Waals surface area contributed by atoms with Crippen LogP contribution in [0, 0.1) is 5.92 Å². The quantitative estimate of drug-likeness (QED) is 0.415. The third kappa shape index (κ3) is 5.37. The maximum absolute atomic E-state index is 5.12. The highest BCUT2D eigenvalue weighted by Crippen LogP contribution is 1.94. The highest BCUT2D eigenvalue weighted by atomic mass is 16.5. The Bertz CT molecular complexity index is 110. The molecule has 0 fully saturated rings. The Morgan fingerprint density at radius 1 is 1.60 bits per heavy atom. The molecule has 0 bridgehead atoms. The third-order valence-electron chi connectivity index (χ3n) is 1.04. The Kier molecular flexibility index (Phi) is 4.66. The van der Waals surface area contributed by atoms with Crippen LogP contribution in [0.15, 0.2) is 4.99 Å². The second kappa shape index (κ2) is 5.05. The van der Waals surface area contributed by atoms with E-state index in [2.05, 4.69) is 4.99 Å². The van der Waals surface area contributed by atoms with E-state index >= 15 is 0 Å². The van der Waals surface area contributed by atoms with Gasteiger partial charge >= 0.3 is 0 Å². The molecule has 0 saturated carbocycles. The lowest BCUT2D eigenvalue weighted by Crippen LogP contribution is -2.24. The molecule has 4 N–H and O–H groups in total. The monoisotopic (exact) mass is 145 g/mol. The SMILES string of the molecule is COCC(C)CN=C(N)N. The average Bonchev–Trinajstić information content (AvgIpc) is 1.85. The van der Waals surface area contributed by atoms with E-state index in [1.165, 1.54) is 0 Å². The largest absolute Gasteiger partial charge is 0.384 e. The van der Waals surface area contributed by atoms with E-state index < -0.39 is 0 Å². The molecule has 0 rings (SSSR count). The molecule has 0 aliphatic heterocycles. The van der Waals surface area contributed by atoms with Gasteiger partial charge in [0.05, 0.1) is 6.61 Å². The van der Waals surface area contributed by atoms with Crippen molar-refractivity contribution in [3.05, 3.63) is 0 Å². The van der Waals surface area contributed by atoms with Gasteiger partial charge < -0.3 is 16.2 Å². The topological polar surface area (TPSA) is 73.6 Å². The van der Waals surface area contributed by atoms with Crippen LogP contribution in [0.2, 0.25) is 0 Å². The summed E-state index contributed by atoms with van der Waals surface area (Å²) >= 11 is 0. The summed E-state index contributed by atoms with van der Waals surface area (Å²) in [7, 11) is 1.66. The number of methoxy groups -OCH3 is 1. The number of hydrogen-bond donors (Lipinski definition) is 2. The van der Waals surface area contributed by atoms with E-state index in [0.29, 0.717) is 19.1 Å². The van der Waals surface area contributed by atoms with E-state index in [0.717, 1.165) is 0 Å². The summed E-state index contributed by atoms with van der Waals surface area (Å²) in [4.78, 5) is 3.84. The van der Waals surface area contributed by atoms with Gasteiger partial charge in [0.25, 0.3) is 0 Å². The Morgan fingerprint density at radius 3 is 2.60 bits per heavy atom. The fraction of sp³-hybridized carbons (Fsp3) is 0.833. The van der Waals surface area contributed by atoms with Crippen LogP contribution in [0.1, 0.15) is 6.92 Å². The van der Waals surface area contributed by atoms with Crippen LogP contribution in [0.5, 0.6) is 0 Å². The molecule has 0 aromatic rings. The van der Waals surface area contributed by atoms with Crippen LogP contribution in [-0.4, -0.2) is 26.2 Å². The average molecular weight is 145 g/mol. The van der Waals surface area contributed by atoms with Gasteiger partial charge in [0, 0.05) is 13.7 Å². The first-order valence-corrected chi connectivity index (χ1v) is 3.21. The van der Waals surface area contributed by atoms with Crippen LogP contribution in [0.3, 0.4) is 0 Å². The predicted octanol–water partition coefficient (Wildman–Crippen LogP) is -0.458. The van der Waals surface area contributed by atoms with E-state index in [4.69, 9.17) is 16.2 Å². The number of nitrogens with zero attached hydrogens (tertiary/aromatic N) is 1. The van der Waals surface area contributed by atoms with Crippen molar-refractivity contribution in [2.24, 2.45) is 22.4 Å². The zero-order valence-corrected chi connectivity index (χ0v) is 6.50. The highest BCUT2D eigenvalue weighted by Gasteiger charge is 1.97. The lowest BCUT2D eigenvalue weighted by Gasteiger charge is -2.05. The lowest BCUT2D eigenvalue weighted by molar-refractivity contribution is 0.163. The first-order chi connectivity index (χ1) is 4.66. The first kappa shape index (κ1) is 9.23. The second-order valence-corrected chi connectivity index (χ2v) is 2.33. The molecule has 1 unspecified atom stereocenters. The summed E-state index contributed by atoms with van der Waals surface area (Å²) in [6.45, 7) is 3.35. The van der Waals surface area contributed by atoms with E-state index in [9.17, 15) is 0 Å². The zero-order chi connectivity index (χ0) is 7.98. The summed E-state index contributed by atoms with van der Waals surface area (Å²) in [5.74, 6) is 0.523. The highest BCUT2D eigenvalue weighted by molar-refractivity contribution is 5.75. The molecule has 60 valence electrons. The summed E-state index contributed by atoms with van der Waals surface area (Å²) < 4.78 is 4.89. The number of ether oxygens (including phenoxy) is 1. The van der Waals surface area contributed by atoms with Gasteiger partial charge in [-0.1, -0.05) is 6.92 Å². The lowest BCUT2D eigenvalue weighted by atomic mass is 10.2. The molecule has 0 aliphatic carbocycles. The number of guanidine groups is 1. The molecule has 0 aromatic heterocycles. The fourth-order valence-electron chi connectivity index (χ4n) is 0.598. The van der Waals surface area contributed by atoms with E-state index in [1.807, 2.05) is 6.92 Å². The number of rotatable bonds is 4. The summed E-state index contributed by atoms with van der Waals surface area (Å²) in [6, 6.07) is 0. The van der Waals surface area contributed by atoms with Crippen molar-refractivity contribution in [2.45, 2.75) is 6.92 Å². The Labute approximate surface area is 61.3 Å². The van der Waals surface area contributed by atoms with Crippen molar-refractivity contribution in [3.8, 4) is 0 Å². The van der Waals surface area contributed by atoms with Gasteiger partial charge in [-0.05, 0) is 5.92 Å². The summed E-state index contributed by atoms with van der Waals surface area (Å²) in [5, 5.41) is 0. The van der Waals surface area contributed by atoms with Gasteiger partial charge in [0.1, 0.15) is 0 Å². The Balaban J connectivity index is 3.38. The standard InChI is InChI=1S/C6H15N3O/c1-5(4-10-2)3-9-6(7)8/h5H,3-4H2,1-2H3,(H4,7,8,9). The number of nitrogens with two attached hydrogens (primary N) is 2. The minimum Gasteiger partial charge on any atom is -0.384 e. The van der Waals surface area contributed by atoms with Gasteiger partial charge in [-0.3, -0.25) is 4.99 Å². The van der Waals surface area contributed by atoms with Gasteiger partial charge in [-0.25, -0.2) is 0 Å². The van der Waals surface area contributed by atoms with Crippen LogP contribution in [0.4, 0.5) is 0 Å². The van der Waals surface area contributed by atoms with Crippen molar-refractivity contribution in [1.29, 1.82) is 0 Å². The molecule has 0 amide bonds. The van der Waals surface area contributed by atoms with Crippen LogP contribution >= 0.6 is 0 Å². The normalized spacial score (nSPS) is 12.6. The van der Waals surface area contributed by atoms with Crippen LogP contribution in [0.25, 0.3) is 0 Å². The summed E-state index contributed by atoms with van der Waals surface area (Å²) in [5.41, 5.74) is 10.2. The molecule has 1 atom stereocenters. The molecule has 4 heteroatoms. The number of hydrogen-bond acceptors (Lipinski definition) is 2. The molecule has 0 heterocycles. The maximum Gasteiger partial charge on any atom is 0.185 e. The molecule has 0 aromatic carbocycles. The molecule has 4 nitrogen and oxygen atoms in total. The first-order valence-electron chi connectivity index (χ1n) is 3.21. The molecular weight excluding hydrogens is 130 g/mol. The van der Waals surface area contributed by atoms with Crippen molar-refractivity contribution in [3.63, 3.8) is 0 Å². The van der Waals surface area contributed by atoms with Crippen molar-refractivity contribution >= 4 is 5.96 Å². The Morgan fingerprint density at radius 2 is 2.20 bits per heavy atom. The third-order valence-corrected chi connectivity index (χ3v) is 1.04. The predicted molar refractivity (Wildman–Crippen MR) is 41.7 cm³/mol. The van der Waals surface area contributed by atoms with Crippen molar-refractivity contribution in [2.75, 3.05) is 20.3 Å². The smallest absolute Gasteiger partial charge is 0.185 e. The molecule has 0 saturated heterocycles.